The fraction of sp³-hybridized carbons (Fsp3) is 0.562. The highest BCUT2D eigenvalue weighted by molar-refractivity contribution is 6.30. The molecule has 2 bridgehead atoms. The molecular formula is C16H21ClN2O. The Morgan fingerprint density at radius 3 is 2.80 bits per heavy atom. The van der Waals surface area contributed by atoms with Gasteiger partial charge in [0.1, 0.15) is 0 Å². The summed E-state index contributed by atoms with van der Waals surface area (Å²) >= 11 is 5.99. The minimum absolute atomic E-state index is 0.00427. The van der Waals surface area contributed by atoms with Crippen molar-refractivity contribution in [3.63, 3.8) is 0 Å². The van der Waals surface area contributed by atoms with Gasteiger partial charge in [-0.2, -0.15) is 0 Å². The zero-order chi connectivity index (χ0) is 14.3. The average Bonchev–Trinajstić information content (AvgIpc) is 2.99. The average molecular weight is 293 g/mol. The first kappa shape index (κ1) is 13.9. The number of hydrogen-bond acceptors (Lipinski definition) is 2. The lowest BCUT2D eigenvalue weighted by atomic mass is 9.84. The van der Waals surface area contributed by atoms with Gasteiger partial charge in [-0.15, -0.1) is 0 Å². The summed E-state index contributed by atoms with van der Waals surface area (Å²) in [4.78, 5) is 12.5. The Labute approximate surface area is 124 Å². The van der Waals surface area contributed by atoms with Gasteiger partial charge in [0.25, 0.3) is 0 Å². The van der Waals surface area contributed by atoms with Crippen LogP contribution >= 0.6 is 11.6 Å². The molecule has 0 aromatic heterocycles. The van der Waals surface area contributed by atoms with Gasteiger partial charge in [0.05, 0.1) is 12.0 Å². The lowest BCUT2D eigenvalue weighted by Gasteiger charge is -2.28. The Balaban J connectivity index is 1.67. The second-order valence-electron chi connectivity index (χ2n) is 6.22. The van der Waals surface area contributed by atoms with Crippen LogP contribution in [0.1, 0.15) is 37.8 Å². The molecule has 3 N–H and O–H groups in total. The zero-order valence-electron chi connectivity index (χ0n) is 11.7. The van der Waals surface area contributed by atoms with Crippen molar-refractivity contribution >= 4 is 17.5 Å². The maximum atomic E-state index is 12.5. The quantitative estimate of drug-likeness (QED) is 0.900. The summed E-state index contributed by atoms with van der Waals surface area (Å²) in [5, 5.41) is 3.80. The maximum absolute atomic E-state index is 12.5. The summed E-state index contributed by atoms with van der Waals surface area (Å²) in [5.41, 5.74) is 7.25. The van der Waals surface area contributed by atoms with Gasteiger partial charge in [-0.3, -0.25) is 4.79 Å². The molecule has 108 valence electrons. The largest absolute Gasteiger partial charge is 0.349 e. The van der Waals surface area contributed by atoms with Gasteiger partial charge in [-0.25, -0.2) is 0 Å². The third kappa shape index (κ3) is 2.45. The van der Waals surface area contributed by atoms with Crippen molar-refractivity contribution in [1.29, 1.82) is 0 Å². The smallest absolute Gasteiger partial charge is 0.225 e. The molecule has 2 aliphatic rings. The molecule has 2 aliphatic carbocycles. The maximum Gasteiger partial charge on any atom is 0.225 e. The molecule has 1 amide bonds. The van der Waals surface area contributed by atoms with Gasteiger partial charge in [0, 0.05) is 11.1 Å². The minimum Gasteiger partial charge on any atom is -0.349 e. The molecule has 0 heterocycles. The first-order valence-electron chi connectivity index (χ1n) is 7.37. The predicted octanol–water partition coefficient (Wildman–Crippen LogP) is 2.89. The first-order chi connectivity index (χ1) is 9.56. The van der Waals surface area contributed by atoms with Crippen LogP contribution in [0, 0.1) is 17.8 Å². The zero-order valence-corrected chi connectivity index (χ0v) is 12.4. The van der Waals surface area contributed by atoms with Gasteiger partial charge in [-0.05, 0) is 55.7 Å². The molecule has 5 atom stereocenters. The van der Waals surface area contributed by atoms with Crippen LogP contribution in [0.2, 0.25) is 5.02 Å². The summed E-state index contributed by atoms with van der Waals surface area (Å²) in [6.45, 7) is 1.99. The van der Waals surface area contributed by atoms with Crippen LogP contribution in [0.5, 0.6) is 0 Å². The number of fused-ring (bicyclic) bond motifs is 2. The molecule has 20 heavy (non-hydrogen) atoms. The van der Waals surface area contributed by atoms with E-state index in [-0.39, 0.29) is 23.9 Å². The van der Waals surface area contributed by atoms with E-state index < -0.39 is 0 Å². The second kappa shape index (κ2) is 5.38. The Kier molecular flexibility index (Phi) is 3.74. The molecule has 2 saturated carbocycles. The van der Waals surface area contributed by atoms with Crippen molar-refractivity contribution in [2.45, 2.75) is 38.3 Å². The lowest BCUT2D eigenvalue weighted by molar-refractivity contribution is -0.127. The number of nitrogens with one attached hydrogen (secondary N) is 1. The van der Waals surface area contributed by atoms with Crippen molar-refractivity contribution in [3.05, 3.63) is 34.9 Å². The van der Waals surface area contributed by atoms with Crippen LogP contribution in [0.15, 0.2) is 24.3 Å². The normalized spacial score (nSPS) is 33.1. The van der Waals surface area contributed by atoms with Crippen LogP contribution in [-0.4, -0.2) is 11.9 Å². The topological polar surface area (TPSA) is 55.1 Å². The van der Waals surface area contributed by atoms with E-state index in [1.54, 1.807) is 0 Å². The third-order valence-electron chi connectivity index (χ3n) is 4.99. The van der Waals surface area contributed by atoms with Crippen LogP contribution in [0.4, 0.5) is 0 Å². The monoisotopic (exact) mass is 292 g/mol. The van der Waals surface area contributed by atoms with E-state index in [1.165, 1.54) is 6.42 Å². The molecule has 2 fully saturated rings. The van der Waals surface area contributed by atoms with Crippen molar-refractivity contribution in [3.8, 4) is 0 Å². The summed E-state index contributed by atoms with van der Waals surface area (Å²) in [7, 11) is 0. The summed E-state index contributed by atoms with van der Waals surface area (Å²) in [6.07, 6.45) is 3.48. The predicted molar refractivity (Wildman–Crippen MR) is 80.3 cm³/mol. The summed E-state index contributed by atoms with van der Waals surface area (Å²) < 4.78 is 0. The van der Waals surface area contributed by atoms with Gasteiger partial charge < -0.3 is 11.1 Å². The molecule has 1 aromatic carbocycles. The van der Waals surface area contributed by atoms with Crippen LogP contribution in [-0.2, 0) is 4.79 Å². The van der Waals surface area contributed by atoms with Crippen molar-refractivity contribution in [2.24, 2.45) is 23.5 Å². The standard InChI is InChI=1S/C16H21ClN2O/c1-9(10-3-2-4-13(17)8-10)19-16(20)14-11-5-6-12(7-11)15(14)18/h2-4,8-9,11-12,14-15H,5-7,18H2,1H3,(H,19,20)/t9-,11?,12?,14?,15?/m0/s1. The fourth-order valence-corrected chi connectivity index (χ4v) is 4.09. The number of nitrogens with two attached hydrogens (primary N) is 1. The Morgan fingerprint density at radius 2 is 2.15 bits per heavy atom. The van der Waals surface area contributed by atoms with E-state index in [0.29, 0.717) is 16.9 Å². The fourth-order valence-electron chi connectivity index (χ4n) is 3.89. The number of carbonyl (C=O) groups excluding carboxylic acids is 1. The van der Waals surface area contributed by atoms with E-state index in [4.69, 9.17) is 17.3 Å². The highest BCUT2D eigenvalue weighted by Crippen LogP contribution is 2.47. The van der Waals surface area contributed by atoms with Gasteiger partial charge in [0.2, 0.25) is 5.91 Å². The highest BCUT2D eigenvalue weighted by atomic mass is 35.5. The van der Waals surface area contributed by atoms with Crippen LogP contribution in [0.25, 0.3) is 0 Å². The molecule has 0 saturated heterocycles. The number of amides is 1. The van der Waals surface area contributed by atoms with E-state index >= 15 is 0 Å². The Hall–Kier alpha value is -1.06. The molecule has 4 unspecified atom stereocenters. The molecule has 0 radical (unpaired) electrons. The number of benzene rings is 1. The van der Waals surface area contributed by atoms with E-state index in [9.17, 15) is 4.79 Å². The molecule has 3 rings (SSSR count). The summed E-state index contributed by atoms with van der Waals surface area (Å²) in [6, 6.07) is 7.63. The Morgan fingerprint density at radius 1 is 1.40 bits per heavy atom. The second-order valence-corrected chi connectivity index (χ2v) is 6.66. The number of carbonyl (C=O) groups is 1. The van der Waals surface area contributed by atoms with E-state index in [1.807, 2.05) is 31.2 Å². The van der Waals surface area contributed by atoms with Crippen LogP contribution in [0.3, 0.4) is 0 Å². The van der Waals surface area contributed by atoms with Crippen molar-refractivity contribution in [1.82, 2.24) is 5.32 Å². The summed E-state index contributed by atoms with van der Waals surface area (Å²) in [5.74, 6) is 1.14. The van der Waals surface area contributed by atoms with E-state index in [2.05, 4.69) is 5.32 Å². The van der Waals surface area contributed by atoms with Crippen LogP contribution < -0.4 is 11.1 Å². The SMILES string of the molecule is C[C@H](NC(=O)C1C2CCC(C2)C1N)c1cccc(Cl)c1. The molecule has 0 aliphatic heterocycles. The Bertz CT molecular complexity index is 517. The van der Waals surface area contributed by atoms with Gasteiger partial charge in [0.15, 0.2) is 0 Å². The molecule has 0 spiro atoms. The number of rotatable bonds is 3. The molecular weight excluding hydrogens is 272 g/mol. The van der Waals surface area contributed by atoms with E-state index in [0.717, 1.165) is 18.4 Å². The molecule has 1 aromatic rings. The van der Waals surface area contributed by atoms with Gasteiger partial charge >= 0.3 is 0 Å². The molecule has 3 nitrogen and oxygen atoms in total. The van der Waals surface area contributed by atoms with Crippen molar-refractivity contribution in [2.75, 3.05) is 0 Å². The number of halogens is 1. The lowest BCUT2D eigenvalue weighted by Crippen LogP contribution is -2.45. The highest BCUT2D eigenvalue weighted by Gasteiger charge is 2.49. The minimum atomic E-state index is -0.0347. The van der Waals surface area contributed by atoms with Crippen molar-refractivity contribution < 1.29 is 4.79 Å². The number of hydrogen-bond donors (Lipinski definition) is 2. The first-order valence-corrected chi connectivity index (χ1v) is 7.75. The molecule has 4 heteroatoms. The third-order valence-corrected chi connectivity index (χ3v) is 5.23. The van der Waals surface area contributed by atoms with Gasteiger partial charge in [-0.1, -0.05) is 23.7 Å².